The van der Waals surface area contributed by atoms with Gasteiger partial charge >= 0.3 is 0 Å². The van der Waals surface area contributed by atoms with Crippen LogP contribution in [0.15, 0.2) is 35.1 Å². The molecule has 7 heteroatoms. The summed E-state index contributed by atoms with van der Waals surface area (Å²) in [6.45, 7) is 0. The fraction of sp³-hybridized carbons (Fsp3) is 0. The molecule has 86 valence electrons. The Labute approximate surface area is 95.1 Å². The maximum atomic E-state index is 11.2. The van der Waals surface area contributed by atoms with Crippen LogP contribution in [-0.2, 0) is 0 Å². The number of aromatic nitrogens is 2. The van der Waals surface area contributed by atoms with Gasteiger partial charge in [0.15, 0.2) is 0 Å². The van der Waals surface area contributed by atoms with Crippen molar-refractivity contribution in [2.45, 2.75) is 0 Å². The van der Waals surface area contributed by atoms with Crippen molar-refractivity contribution in [3.8, 4) is 11.4 Å². The van der Waals surface area contributed by atoms with Gasteiger partial charge in [-0.15, -0.1) is 0 Å². The van der Waals surface area contributed by atoms with Crippen LogP contribution in [0.3, 0.4) is 0 Å². The van der Waals surface area contributed by atoms with Crippen molar-refractivity contribution in [3.05, 3.63) is 50.8 Å². The van der Waals surface area contributed by atoms with E-state index in [4.69, 9.17) is 5.73 Å². The SMILES string of the molecule is Nc1cc(=O)[nH]c(-c2ccc([N+](=O)[O-])cc2)n1. The summed E-state index contributed by atoms with van der Waals surface area (Å²) in [7, 11) is 0. The van der Waals surface area contributed by atoms with Gasteiger partial charge in [0, 0.05) is 23.8 Å². The monoisotopic (exact) mass is 232 g/mol. The molecule has 0 fully saturated rings. The van der Waals surface area contributed by atoms with Gasteiger partial charge in [-0.25, -0.2) is 4.98 Å². The number of hydrogen-bond acceptors (Lipinski definition) is 5. The molecular weight excluding hydrogens is 224 g/mol. The molecule has 1 aromatic carbocycles. The van der Waals surface area contributed by atoms with E-state index in [1.54, 1.807) is 0 Å². The molecule has 0 spiro atoms. The van der Waals surface area contributed by atoms with E-state index in [1.807, 2.05) is 0 Å². The smallest absolute Gasteiger partial charge is 0.269 e. The van der Waals surface area contributed by atoms with Crippen molar-refractivity contribution in [1.82, 2.24) is 9.97 Å². The lowest BCUT2D eigenvalue weighted by atomic mass is 10.2. The maximum Gasteiger partial charge on any atom is 0.269 e. The lowest BCUT2D eigenvalue weighted by molar-refractivity contribution is -0.384. The van der Waals surface area contributed by atoms with Crippen LogP contribution in [0.1, 0.15) is 0 Å². The Hall–Kier alpha value is -2.70. The molecule has 0 amide bonds. The first-order chi connectivity index (χ1) is 8.06. The number of nitrogens with two attached hydrogens (primary N) is 1. The molecule has 0 aliphatic rings. The van der Waals surface area contributed by atoms with Crippen LogP contribution >= 0.6 is 0 Å². The topological polar surface area (TPSA) is 115 Å². The molecular formula is C10H8N4O3. The number of non-ortho nitro benzene ring substituents is 1. The molecule has 0 radical (unpaired) electrons. The van der Waals surface area contributed by atoms with E-state index in [1.165, 1.54) is 24.3 Å². The molecule has 0 saturated heterocycles. The second-order valence-corrected chi connectivity index (χ2v) is 3.32. The van der Waals surface area contributed by atoms with Crippen LogP contribution in [0, 0.1) is 10.1 Å². The molecule has 0 saturated carbocycles. The van der Waals surface area contributed by atoms with E-state index < -0.39 is 4.92 Å². The minimum absolute atomic E-state index is 0.0278. The highest BCUT2D eigenvalue weighted by Crippen LogP contribution is 2.18. The number of nitro groups is 1. The van der Waals surface area contributed by atoms with E-state index in [-0.39, 0.29) is 22.9 Å². The van der Waals surface area contributed by atoms with E-state index in [9.17, 15) is 14.9 Å². The third-order valence-electron chi connectivity index (χ3n) is 2.11. The zero-order chi connectivity index (χ0) is 12.4. The van der Waals surface area contributed by atoms with Crippen LogP contribution < -0.4 is 11.3 Å². The third-order valence-corrected chi connectivity index (χ3v) is 2.11. The predicted molar refractivity (Wildman–Crippen MR) is 61.4 cm³/mol. The van der Waals surface area contributed by atoms with Gasteiger partial charge in [0.2, 0.25) is 0 Å². The van der Waals surface area contributed by atoms with Gasteiger partial charge in [-0.3, -0.25) is 14.9 Å². The Bertz CT molecular complexity index is 618. The normalized spacial score (nSPS) is 10.1. The first kappa shape index (κ1) is 10.8. The zero-order valence-electron chi connectivity index (χ0n) is 8.58. The second kappa shape index (κ2) is 4.05. The van der Waals surface area contributed by atoms with Crippen LogP contribution in [0.25, 0.3) is 11.4 Å². The van der Waals surface area contributed by atoms with E-state index in [2.05, 4.69) is 9.97 Å². The maximum absolute atomic E-state index is 11.2. The van der Waals surface area contributed by atoms with Gasteiger partial charge in [-0.1, -0.05) is 0 Å². The number of anilines is 1. The highest BCUT2D eigenvalue weighted by Gasteiger charge is 2.07. The van der Waals surface area contributed by atoms with E-state index in [0.29, 0.717) is 5.56 Å². The quantitative estimate of drug-likeness (QED) is 0.590. The molecule has 0 aliphatic carbocycles. The number of rotatable bonds is 2. The Kier molecular flexibility index (Phi) is 2.57. The summed E-state index contributed by atoms with van der Waals surface area (Å²) in [6, 6.07) is 6.82. The van der Waals surface area contributed by atoms with E-state index >= 15 is 0 Å². The van der Waals surface area contributed by atoms with Gasteiger partial charge in [0.25, 0.3) is 11.2 Å². The molecule has 0 atom stereocenters. The first-order valence-electron chi connectivity index (χ1n) is 4.68. The Morgan fingerprint density at radius 3 is 2.47 bits per heavy atom. The summed E-state index contributed by atoms with van der Waals surface area (Å²) in [5.74, 6) is 0.381. The van der Waals surface area contributed by atoms with Crippen LogP contribution in [0.2, 0.25) is 0 Å². The van der Waals surface area contributed by atoms with Crippen molar-refractivity contribution in [3.63, 3.8) is 0 Å². The van der Waals surface area contributed by atoms with Crippen molar-refractivity contribution >= 4 is 11.5 Å². The molecule has 2 aromatic rings. The average molecular weight is 232 g/mol. The van der Waals surface area contributed by atoms with Gasteiger partial charge in [0.1, 0.15) is 11.6 Å². The van der Waals surface area contributed by atoms with Crippen LogP contribution in [0.4, 0.5) is 11.5 Å². The largest absolute Gasteiger partial charge is 0.383 e. The van der Waals surface area contributed by atoms with Gasteiger partial charge in [0.05, 0.1) is 4.92 Å². The number of benzene rings is 1. The predicted octanol–water partition coefficient (Wildman–Crippen LogP) is 0.927. The molecule has 3 N–H and O–H groups in total. The minimum atomic E-state index is -0.501. The molecule has 2 rings (SSSR count). The number of hydrogen-bond donors (Lipinski definition) is 2. The number of aromatic amines is 1. The summed E-state index contributed by atoms with van der Waals surface area (Å²) >= 11 is 0. The molecule has 17 heavy (non-hydrogen) atoms. The highest BCUT2D eigenvalue weighted by molar-refractivity contribution is 5.58. The van der Waals surface area contributed by atoms with Gasteiger partial charge in [-0.05, 0) is 12.1 Å². The Morgan fingerprint density at radius 1 is 1.29 bits per heavy atom. The lowest BCUT2D eigenvalue weighted by Crippen LogP contribution is -2.09. The lowest BCUT2D eigenvalue weighted by Gasteiger charge is -2.01. The highest BCUT2D eigenvalue weighted by atomic mass is 16.6. The summed E-state index contributed by atoms with van der Waals surface area (Å²) < 4.78 is 0. The number of nitro benzene ring substituents is 1. The standard InChI is InChI=1S/C10H8N4O3/c11-8-5-9(15)13-10(12-8)6-1-3-7(4-2-6)14(16)17/h1-5H,(H3,11,12,13,15). The molecule has 0 bridgehead atoms. The van der Waals surface area contributed by atoms with E-state index in [0.717, 1.165) is 6.07 Å². The summed E-state index contributed by atoms with van der Waals surface area (Å²) in [5, 5.41) is 10.5. The fourth-order valence-electron chi connectivity index (χ4n) is 1.35. The fourth-order valence-corrected chi connectivity index (χ4v) is 1.35. The van der Waals surface area contributed by atoms with Crippen molar-refractivity contribution in [1.29, 1.82) is 0 Å². The number of nitrogen functional groups attached to an aromatic ring is 1. The van der Waals surface area contributed by atoms with Crippen molar-refractivity contribution in [2.75, 3.05) is 5.73 Å². The van der Waals surface area contributed by atoms with Crippen LogP contribution in [-0.4, -0.2) is 14.9 Å². The van der Waals surface area contributed by atoms with Crippen molar-refractivity contribution in [2.24, 2.45) is 0 Å². The molecule has 0 unspecified atom stereocenters. The Balaban J connectivity index is 2.46. The van der Waals surface area contributed by atoms with Gasteiger partial charge < -0.3 is 10.7 Å². The molecule has 0 aliphatic heterocycles. The first-order valence-corrected chi connectivity index (χ1v) is 4.68. The Morgan fingerprint density at radius 2 is 1.94 bits per heavy atom. The summed E-state index contributed by atoms with van der Waals surface area (Å²) in [4.78, 5) is 27.6. The minimum Gasteiger partial charge on any atom is -0.383 e. The summed E-state index contributed by atoms with van der Waals surface area (Å²) in [5.41, 5.74) is 5.59. The zero-order valence-corrected chi connectivity index (χ0v) is 8.58. The van der Waals surface area contributed by atoms with Gasteiger partial charge in [-0.2, -0.15) is 0 Å². The number of nitrogens with one attached hydrogen (secondary N) is 1. The van der Waals surface area contributed by atoms with Crippen LogP contribution in [0.5, 0.6) is 0 Å². The number of H-pyrrole nitrogens is 1. The summed E-state index contributed by atoms with van der Waals surface area (Å²) in [6.07, 6.45) is 0. The molecule has 1 aromatic heterocycles. The number of nitrogens with zero attached hydrogens (tertiary/aromatic N) is 2. The average Bonchev–Trinajstić information content (AvgIpc) is 2.28. The third kappa shape index (κ3) is 2.28. The second-order valence-electron chi connectivity index (χ2n) is 3.32. The molecule has 1 heterocycles. The van der Waals surface area contributed by atoms with Crippen molar-refractivity contribution < 1.29 is 4.92 Å². The molecule has 7 nitrogen and oxygen atoms in total.